The van der Waals surface area contributed by atoms with E-state index >= 15 is 0 Å². The van der Waals surface area contributed by atoms with Crippen molar-refractivity contribution in [3.05, 3.63) is 70.8 Å². The highest BCUT2D eigenvalue weighted by Crippen LogP contribution is 2.41. The third kappa shape index (κ3) is 4.01. The number of nitrogens with one attached hydrogen (secondary N) is 1. The molecule has 0 spiro atoms. The topological polar surface area (TPSA) is 59.8 Å². The summed E-state index contributed by atoms with van der Waals surface area (Å²) in [5.41, 5.74) is 3.10. The molecule has 4 rings (SSSR count). The van der Waals surface area contributed by atoms with E-state index in [9.17, 15) is 9.18 Å². The molecule has 0 bridgehead atoms. The Hall–Kier alpha value is -2.73. The van der Waals surface area contributed by atoms with Gasteiger partial charge in [0.2, 0.25) is 0 Å². The fraction of sp³-hybridized carbons (Fsp3) is 0.250. The van der Waals surface area contributed by atoms with Crippen LogP contribution >= 0.6 is 11.6 Å². The lowest BCUT2D eigenvalue weighted by atomic mass is 10.2. The molecule has 2 aromatic heterocycles. The van der Waals surface area contributed by atoms with Crippen molar-refractivity contribution in [2.75, 3.05) is 6.54 Å². The molecule has 0 aliphatic heterocycles. The Bertz CT molecular complexity index is 969. The maximum Gasteiger partial charge on any atom is 0.252 e. The fourth-order valence-electron chi connectivity index (χ4n) is 3.00. The minimum absolute atomic E-state index is 0.0997. The van der Waals surface area contributed by atoms with Crippen molar-refractivity contribution in [2.45, 2.75) is 25.3 Å². The van der Waals surface area contributed by atoms with Gasteiger partial charge in [-0.1, -0.05) is 17.7 Å². The summed E-state index contributed by atoms with van der Waals surface area (Å²) in [7, 11) is 0. The first-order valence-electron chi connectivity index (χ1n) is 8.84. The molecular weight excluding hydrogens is 367 g/mol. The lowest BCUT2D eigenvalue weighted by molar-refractivity contribution is 0.0952. The summed E-state index contributed by atoms with van der Waals surface area (Å²) < 4.78 is 15.1. The van der Waals surface area contributed by atoms with E-state index in [0.717, 1.165) is 30.3 Å². The second-order valence-electron chi connectivity index (χ2n) is 6.55. The summed E-state index contributed by atoms with van der Waals surface area (Å²) in [5.74, 6) is -0.272. The molecule has 1 fully saturated rings. The van der Waals surface area contributed by atoms with Gasteiger partial charge in [-0.2, -0.15) is 5.10 Å². The van der Waals surface area contributed by atoms with Crippen LogP contribution in [0.5, 0.6) is 0 Å². The van der Waals surface area contributed by atoms with E-state index in [1.165, 1.54) is 17.8 Å². The number of pyridine rings is 1. The van der Waals surface area contributed by atoms with Crippen LogP contribution in [0.15, 0.2) is 48.7 Å². The molecule has 1 aliphatic rings. The Labute approximate surface area is 161 Å². The van der Waals surface area contributed by atoms with Crippen molar-refractivity contribution in [1.29, 1.82) is 0 Å². The minimum Gasteiger partial charge on any atom is -0.350 e. The van der Waals surface area contributed by atoms with Crippen molar-refractivity contribution in [2.24, 2.45) is 0 Å². The van der Waals surface area contributed by atoms with E-state index in [1.54, 1.807) is 6.20 Å². The Kier molecular flexibility index (Phi) is 4.90. The molecule has 0 atom stereocenters. The summed E-state index contributed by atoms with van der Waals surface area (Å²) >= 11 is 5.94. The molecule has 138 valence electrons. The third-order valence-corrected chi connectivity index (χ3v) is 4.83. The van der Waals surface area contributed by atoms with E-state index in [0.29, 0.717) is 19.0 Å². The van der Waals surface area contributed by atoms with E-state index in [-0.39, 0.29) is 16.5 Å². The summed E-state index contributed by atoms with van der Waals surface area (Å²) in [5, 5.41) is 7.59. The summed E-state index contributed by atoms with van der Waals surface area (Å²) in [4.78, 5) is 16.6. The largest absolute Gasteiger partial charge is 0.350 e. The third-order valence-electron chi connectivity index (χ3n) is 4.52. The van der Waals surface area contributed by atoms with Crippen molar-refractivity contribution in [1.82, 2.24) is 20.1 Å². The Morgan fingerprint density at radius 1 is 1.22 bits per heavy atom. The van der Waals surface area contributed by atoms with Gasteiger partial charge in [0.05, 0.1) is 22.8 Å². The number of nitrogens with zero attached hydrogens (tertiary/aromatic N) is 3. The lowest BCUT2D eigenvalue weighted by Crippen LogP contribution is -2.28. The number of benzene rings is 1. The van der Waals surface area contributed by atoms with Gasteiger partial charge in [-0.05, 0) is 49.2 Å². The number of rotatable bonds is 6. The molecular formula is C20H18ClFN4O. The molecule has 1 aliphatic carbocycles. The van der Waals surface area contributed by atoms with Crippen molar-refractivity contribution >= 4 is 17.5 Å². The number of hydrogen-bond donors (Lipinski definition) is 1. The number of halogens is 2. The zero-order valence-corrected chi connectivity index (χ0v) is 15.3. The first-order valence-corrected chi connectivity index (χ1v) is 9.22. The number of aromatic nitrogens is 3. The number of carbonyl (C=O) groups excluding carboxylic acids is 1. The predicted molar refractivity (Wildman–Crippen MR) is 101 cm³/mol. The second-order valence-corrected chi connectivity index (χ2v) is 6.95. The van der Waals surface area contributed by atoms with Crippen LogP contribution in [0.2, 0.25) is 5.02 Å². The van der Waals surface area contributed by atoms with Crippen LogP contribution in [0.4, 0.5) is 4.39 Å². The molecule has 1 saturated carbocycles. The van der Waals surface area contributed by atoms with Crippen molar-refractivity contribution in [3.8, 4) is 11.4 Å². The van der Waals surface area contributed by atoms with E-state index in [4.69, 9.17) is 11.6 Å². The Balaban J connectivity index is 1.45. The normalized spacial score (nSPS) is 13.6. The summed E-state index contributed by atoms with van der Waals surface area (Å²) in [6.07, 6.45) is 4.06. The van der Waals surface area contributed by atoms with Crippen LogP contribution in [-0.2, 0) is 6.54 Å². The molecule has 1 N–H and O–H groups in total. The van der Waals surface area contributed by atoms with Gasteiger partial charge in [0.1, 0.15) is 11.5 Å². The molecule has 1 aromatic carbocycles. The lowest BCUT2D eigenvalue weighted by Gasteiger charge is -2.09. The van der Waals surface area contributed by atoms with Gasteiger partial charge in [-0.25, -0.2) is 4.39 Å². The van der Waals surface area contributed by atoms with Crippen LogP contribution in [-0.4, -0.2) is 27.2 Å². The van der Waals surface area contributed by atoms with Gasteiger partial charge < -0.3 is 5.32 Å². The highest BCUT2D eigenvalue weighted by Gasteiger charge is 2.28. The van der Waals surface area contributed by atoms with Crippen LogP contribution in [0, 0.1) is 5.82 Å². The molecule has 2 heterocycles. The quantitative estimate of drug-likeness (QED) is 0.697. The second kappa shape index (κ2) is 7.48. The van der Waals surface area contributed by atoms with Crippen LogP contribution in [0.3, 0.4) is 0 Å². The molecule has 0 saturated heterocycles. The van der Waals surface area contributed by atoms with Crippen molar-refractivity contribution in [3.63, 3.8) is 0 Å². The van der Waals surface area contributed by atoms with Crippen LogP contribution in [0.25, 0.3) is 11.4 Å². The predicted octanol–water partition coefficient (Wildman–Crippen LogP) is 4.05. The van der Waals surface area contributed by atoms with Gasteiger partial charge >= 0.3 is 0 Å². The van der Waals surface area contributed by atoms with Gasteiger partial charge in [0.15, 0.2) is 0 Å². The Morgan fingerprint density at radius 2 is 2.07 bits per heavy atom. The number of carbonyl (C=O) groups is 1. The average molecular weight is 385 g/mol. The summed E-state index contributed by atoms with van der Waals surface area (Å²) in [6.45, 7) is 0.943. The Morgan fingerprint density at radius 3 is 2.78 bits per heavy atom. The molecule has 5 nitrogen and oxygen atoms in total. The highest BCUT2D eigenvalue weighted by atomic mass is 35.5. The van der Waals surface area contributed by atoms with Crippen LogP contribution in [0.1, 0.15) is 34.8 Å². The number of amides is 1. The monoisotopic (exact) mass is 384 g/mol. The van der Waals surface area contributed by atoms with E-state index < -0.39 is 5.82 Å². The first-order chi connectivity index (χ1) is 13.1. The standard InChI is InChI=1S/C20H18ClFN4O/c21-16-11-14(22)6-7-15(16)20(27)24-9-10-26-19(13-4-5-13)12-18(25-26)17-3-1-2-8-23-17/h1-3,6-8,11-13H,4-5,9-10H2,(H,24,27). The molecule has 0 unspecified atom stereocenters. The van der Waals surface area contributed by atoms with Crippen molar-refractivity contribution < 1.29 is 9.18 Å². The maximum absolute atomic E-state index is 13.1. The fourth-order valence-corrected chi connectivity index (χ4v) is 3.25. The first kappa shape index (κ1) is 17.7. The smallest absolute Gasteiger partial charge is 0.252 e. The molecule has 3 aromatic rings. The minimum atomic E-state index is -0.468. The average Bonchev–Trinajstić information content (AvgIpc) is 3.42. The number of hydrogen-bond acceptors (Lipinski definition) is 3. The summed E-state index contributed by atoms with van der Waals surface area (Å²) in [6, 6.07) is 11.6. The molecule has 0 radical (unpaired) electrons. The van der Waals surface area contributed by atoms with Crippen LogP contribution < -0.4 is 5.32 Å². The molecule has 7 heteroatoms. The van der Waals surface area contributed by atoms with Gasteiger partial charge in [-0.15, -0.1) is 0 Å². The molecule has 27 heavy (non-hydrogen) atoms. The van der Waals surface area contributed by atoms with E-state index in [2.05, 4.69) is 21.5 Å². The van der Waals surface area contributed by atoms with Gasteiger partial charge in [0.25, 0.3) is 5.91 Å². The SMILES string of the molecule is O=C(NCCn1nc(-c2ccccn2)cc1C1CC1)c1ccc(F)cc1Cl. The molecule has 1 amide bonds. The maximum atomic E-state index is 13.1. The van der Waals surface area contributed by atoms with Gasteiger partial charge in [-0.3, -0.25) is 14.5 Å². The van der Waals surface area contributed by atoms with Gasteiger partial charge in [0, 0.05) is 24.4 Å². The highest BCUT2D eigenvalue weighted by molar-refractivity contribution is 6.33. The zero-order valence-electron chi connectivity index (χ0n) is 14.5. The zero-order chi connectivity index (χ0) is 18.8. The van der Waals surface area contributed by atoms with E-state index in [1.807, 2.05) is 22.9 Å².